The molecule has 1 aromatic carbocycles. The van der Waals surface area contributed by atoms with E-state index in [9.17, 15) is 22.8 Å². The number of fused-ring (bicyclic) bond motifs is 1. The van der Waals surface area contributed by atoms with Crippen LogP contribution in [0, 0.1) is 0 Å². The highest BCUT2D eigenvalue weighted by molar-refractivity contribution is 7.92. The lowest BCUT2D eigenvalue weighted by Gasteiger charge is -2.14. The zero-order chi connectivity index (χ0) is 16.6. The second-order valence-electron chi connectivity index (χ2n) is 5.63. The van der Waals surface area contributed by atoms with Crippen molar-refractivity contribution in [3.63, 3.8) is 0 Å². The Kier molecular flexibility index (Phi) is 3.93. The Morgan fingerprint density at radius 1 is 1.09 bits per heavy atom. The van der Waals surface area contributed by atoms with Crippen molar-refractivity contribution < 1.29 is 27.6 Å². The summed E-state index contributed by atoms with van der Waals surface area (Å²) in [4.78, 5) is 40.7. The lowest BCUT2D eigenvalue weighted by molar-refractivity contribution is -0.165. The van der Waals surface area contributed by atoms with Crippen molar-refractivity contribution in [2.24, 2.45) is 0 Å². The standard InChI is InChI=1S/C15H15NO6S/c17-13(9-23(20,21)10-5-1-2-6-10)22-16-14(18)11-7-3-4-8-12(11)15(16)19/h3-4,7-8,10H,1-2,5-6,9H2. The van der Waals surface area contributed by atoms with Crippen LogP contribution in [0.5, 0.6) is 0 Å². The molecule has 1 saturated carbocycles. The Morgan fingerprint density at radius 3 is 2.13 bits per heavy atom. The third kappa shape index (κ3) is 2.86. The van der Waals surface area contributed by atoms with Gasteiger partial charge < -0.3 is 4.84 Å². The van der Waals surface area contributed by atoms with E-state index in [1.807, 2.05) is 0 Å². The van der Waals surface area contributed by atoms with E-state index < -0.39 is 38.6 Å². The second-order valence-corrected chi connectivity index (χ2v) is 7.91. The Morgan fingerprint density at radius 2 is 1.61 bits per heavy atom. The third-order valence-electron chi connectivity index (χ3n) is 4.08. The number of hydrogen-bond acceptors (Lipinski definition) is 6. The zero-order valence-corrected chi connectivity index (χ0v) is 13.0. The van der Waals surface area contributed by atoms with Gasteiger partial charge in [-0.3, -0.25) is 9.59 Å². The summed E-state index contributed by atoms with van der Waals surface area (Å²) in [5, 5.41) is -0.214. The monoisotopic (exact) mass is 337 g/mol. The smallest absolute Gasteiger partial charge is 0.329 e. The maximum atomic E-state index is 12.1. The highest BCUT2D eigenvalue weighted by Crippen LogP contribution is 2.26. The molecule has 1 heterocycles. The summed E-state index contributed by atoms with van der Waals surface area (Å²) in [5.41, 5.74) is 0.257. The minimum atomic E-state index is -3.63. The molecule has 2 aliphatic rings. The van der Waals surface area contributed by atoms with Crippen molar-refractivity contribution in [2.45, 2.75) is 30.9 Å². The number of sulfone groups is 1. The molecule has 7 nitrogen and oxygen atoms in total. The number of hydroxylamine groups is 2. The molecule has 0 N–H and O–H groups in total. The van der Waals surface area contributed by atoms with Crippen LogP contribution < -0.4 is 0 Å². The van der Waals surface area contributed by atoms with Gasteiger partial charge in [-0.25, -0.2) is 13.2 Å². The van der Waals surface area contributed by atoms with Crippen LogP contribution in [0.1, 0.15) is 46.4 Å². The highest BCUT2D eigenvalue weighted by Gasteiger charge is 2.40. The van der Waals surface area contributed by atoms with Crippen LogP contribution in [0.3, 0.4) is 0 Å². The normalized spacial score (nSPS) is 18.3. The first kappa shape index (κ1) is 15.7. The molecule has 1 fully saturated rings. The average Bonchev–Trinajstić information content (AvgIpc) is 3.12. The molecule has 0 spiro atoms. The van der Waals surface area contributed by atoms with E-state index in [1.165, 1.54) is 12.1 Å². The third-order valence-corrected chi connectivity index (χ3v) is 6.20. The summed E-state index contributed by atoms with van der Waals surface area (Å²) in [6.07, 6.45) is 2.69. The Bertz CT molecular complexity index is 744. The summed E-state index contributed by atoms with van der Waals surface area (Å²) in [6, 6.07) is 6.05. The van der Waals surface area contributed by atoms with Gasteiger partial charge in [0.15, 0.2) is 15.6 Å². The highest BCUT2D eigenvalue weighted by atomic mass is 32.2. The van der Waals surface area contributed by atoms with E-state index in [-0.39, 0.29) is 11.1 Å². The molecule has 0 atom stereocenters. The summed E-state index contributed by atoms with van der Waals surface area (Å²) in [7, 11) is -3.63. The van der Waals surface area contributed by atoms with Crippen molar-refractivity contribution in [1.82, 2.24) is 5.06 Å². The Balaban J connectivity index is 1.70. The molecule has 122 valence electrons. The summed E-state index contributed by atoms with van der Waals surface area (Å²) >= 11 is 0. The van der Waals surface area contributed by atoms with Gasteiger partial charge in [-0.15, -0.1) is 0 Å². The Labute approximate surface area is 133 Å². The summed E-state index contributed by atoms with van der Waals surface area (Å²) in [6.45, 7) is 0. The molecule has 1 aliphatic carbocycles. The predicted molar refractivity (Wildman–Crippen MR) is 79.1 cm³/mol. The molecule has 0 radical (unpaired) electrons. The number of imide groups is 1. The first-order valence-electron chi connectivity index (χ1n) is 7.30. The van der Waals surface area contributed by atoms with Gasteiger partial charge in [-0.2, -0.15) is 0 Å². The molecule has 0 unspecified atom stereocenters. The van der Waals surface area contributed by atoms with Gasteiger partial charge in [0.25, 0.3) is 11.8 Å². The van der Waals surface area contributed by atoms with Crippen molar-refractivity contribution in [3.05, 3.63) is 35.4 Å². The number of amides is 2. The van der Waals surface area contributed by atoms with E-state index >= 15 is 0 Å². The summed E-state index contributed by atoms with van der Waals surface area (Å²) < 4.78 is 24.2. The van der Waals surface area contributed by atoms with Gasteiger partial charge in [0.05, 0.1) is 16.4 Å². The molecule has 1 aliphatic heterocycles. The summed E-state index contributed by atoms with van der Waals surface area (Å²) in [5.74, 6) is -3.48. The van der Waals surface area contributed by atoms with Crippen LogP contribution in [-0.2, 0) is 19.5 Å². The molecule has 0 aromatic heterocycles. The molecule has 0 saturated heterocycles. The van der Waals surface area contributed by atoms with E-state index in [0.29, 0.717) is 17.9 Å². The van der Waals surface area contributed by atoms with Gasteiger partial charge >= 0.3 is 5.97 Å². The number of rotatable bonds is 4. The maximum Gasteiger partial charge on any atom is 0.348 e. The molecule has 1 aromatic rings. The molecule has 8 heteroatoms. The quantitative estimate of drug-likeness (QED) is 0.763. The van der Waals surface area contributed by atoms with Crippen LogP contribution in [0.4, 0.5) is 0 Å². The fourth-order valence-electron chi connectivity index (χ4n) is 2.91. The van der Waals surface area contributed by atoms with Crippen molar-refractivity contribution in [2.75, 3.05) is 5.75 Å². The van der Waals surface area contributed by atoms with E-state index in [4.69, 9.17) is 4.84 Å². The topological polar surface area (TPSA) is 97.8 Å². The largest absolute Gasteiger partial charge is 0.348 e. The molecule has 23 heavy (non-hydrogen) atoms. The lowest BCUT2D eigenvalue weighted by Crippen LogP contribution is -2.36. The fourth-order valence-corrected chi connectivity index (χ4v) is 4.58. The SMILES string of the molecule is O=C(CS(=O)(=O)C1CCCC1)ON1C(=O)c2ccccc2C1=O. The maximum absolute atomic E-state index is 12.1. The van der Waals surface area contributed by atoms with Gasteiger partial charge in [0.2, 0.25) is 0 Å². The number of carbonyl (C=O) groups excluding carboxylic acids is 3. The molecule has 3 rings (SSSR count). The molecular formula is C15H15NO6S. The molecule has 0 bridgehead atoms. The van der Waals surface area contributed by atoms with Crippen LogP contribution in [0.25, 0.3) is 0 Å². The van der Waals surface area contributed by atoms with Crippen LogP contribution >= 0.6 is 0 Å². The number of nitrogens with zero attached hydrogens (tertiary/aromatic N) is 1. The van der Waals surface area contributed by atoms with Crippen molar-refractivity contribution >= 4 is 27.6 Å². The van der Waals surface area contributed by atoms with Gasteiger partial charge in [0, 0.05) is 0 Å². The van der Waals surface area contributed by atoms with E-state index in [0.717, 1.165) is 12.8 Å². The minimum Gasteiger partial charge on any atom is -0.329 e. The van der Waals surface area contributed by atoms with Crippen molar-refractivity contribution in [1.29, 1.82) is 0 Å². The minimum absolute atomic E-state index is 0.129. The van der Waals surface area contributed by atoms with Gasteiger partial charge in [0.1, 0.15) is 0 Å². The zero-order valence-electron chi connectivity index (χ0n) is 12.2. The Hall–Kier alpha value is -2.22. The number of benzene rings is 1. The van der Waals surface area contributed by atoms with E-state index in [1.54, 1.807) is 12.1 Å². The first-order chi connectivity index (χ1) is 10.9. The molecular weight excluding hydrogens is 322 g/mol. The average molecular weight is 337 g/mol. The van der Waals surface area contributed by atoms with Crippen molar-refractivity contribution in [3.8, 4) is 0 Å². The van der Waals surface area contributed by atoms with Gasteiger partial charge in [-0.1, -0.05) is 30.0 Å². The number of carbonyl (C=O) groups is 3. The second kappa shape index (κ2) is 5.77. The van der Waals surface area contributed by atoms with E-state index in [2.05, 4.69) is 0 Å². The number of hydrogen-bond donors (Lipinski definition) is 0. The van der Waals surface area contributed by atoms with Crippen LogP contribution in [-0.4, -0.2) is 42.3 Å². The van der Waals surface area contributed by atoms with Crippen LogP contribution in [0.15, 0.2) is 24.3 Å². The molecule has 2 amide bonds. The van der Waals surface area contributed by atoms with Gasteiger partial charge in [-0.05, 0) is 25.0 Å². The predicted octanol–water partition coefficient (Wildman–Crippen LogP) is 1.10. The fraction of sp³-hybridized carbons (Fsp3) is 0.400. The van der Waals surface area contributed by atoms with Crippen LogP contribution in [0.2, 0.25) is 0 Å². The lowest BCUT2D eigenvalue weighted by atomic mass is 10.1. The first-order valence-corrected chi connectivity index (χ1v) is 9.02.